The predicted molar refractivity (Wildman–Crippen MR) is 97.0 cm³/mol. The lowest BCUT2D eigenvalue weighted by atomic mass is 9.60. The minimum absolute atomic E-state index is 0.591. The monoisotopic (exact) mass is 322 g/mol. The Morgan fingerprint density at radius 1 is 1.04 bits per heavy atom. The van der Waals surface area contributed by atoms with Gasteiger partial charge < -0.3 is 10.2 Å². The van der Waals surface area contributed by atoms with Crippen LogP contribution in [0.5, 0.6) is 0 Å². The number of nitrogens with one attached hydrogen (secondary N) is 1. The molecule has 126 valence electrons. The van der Waals surface area contributed by atoms with Crippen LogP contribution in [0.25, 0.3) is 0 Å². The molecule has 1 aromatic carbocycles. The molecule has 24 heavy (non-hydrogen) atoms. The van der Waals surface area contributed by atoms with Gasteiger partial charge in [0.15, 0.2) is 0 Å². The van der Waals surface area contributed by atoms with Gasteiger partial charge in [0.05, 0.1) is 0 Å². The molecule has 0 bridgehead atoms. The van der Waals surface area contributed by atoms with E-state index >= 15 is 0 Å². The number of anilines is 1. The maximum atomic E-state index is 4.42. The highest BCUT2D eigenvalue weighted by molar-refractivity contribution is 5.29. The average Bonchev–Trinajstić information content (AvgIpc) is 3.00. The zero-order chi connectivity index (χ0) is 16.5. The van der Waals surface area contributed by atoms with Crippen molar-refractivity contribution in [1.29, 1.82) is 0 Å². The van der Waals surface area contributed by atoms with Gasteiger partial charge in [-0.3, -0.25) is 0 Å². The molecule has 2 saturated carbocycles. The fraction of sp³-hybridized carbons (Fsp3) is 0.500. The maximum absolute atomic E-state index is 4.42. The van der Waals surface area contributed by atoms with Gasteiger partial charge in [0.1, 0.15) is 0 Å². The molecule has 4 rings (SSSR count). The lowest BCUT2D eigenvalue weighted by Gasteiger charge is -2.50. The van der Waals surface area contributed by atoms with Crippen LogP contribution in [0.1, 0.15) is 36.3 Å². The zero-order valence-corrected chi connectivity index (χ0v) is 14.5. The Kier molecular flexibility index (Phi) is 4.23. The van der Waals surface area contributed by atoms with Crippen LogP contribution in [-0.4, -0.2) is 30.1 Å². The second-order valence-electron chi connectivity index (χ2n) is 7.39. The fourth-order valence-corrected chi connectivity index (χ4v) is 4.61. The van der Waals surface area contributed by atoms with E-state index in [1.54, 1.807) is 0 Å². The summed E-state index contributed by atoms with van der Waals surface area (Å²) in [6, 6.07) is 11.6. The summed E-state index contributed by atoms with van der Waals surface area (Å²) in [7, 11) is 3.93. The second-order valence-corrected chi connectivity index (χ2v) is 7.39. The summed E-state index contributed by atoms with van der Waals surface area (Å²) in [4.78, 5) is 10.8. The van der Waals surface area contributed by atoms with Crippen LogP contribution in [0, 0.1) is 11.8 Å². The van der Waals surface area contributed by atoms with Gasteiger partial charge in [-0.1, -0.05) is 36.8 Å². The molecular formula is C20H26N4. The minimum Gasteiger partial charge on any atom is -0.347 e. The third-order valence-corrected chi connectivity index (χ3v) is 5.75. The highest BCUT2D eigenvalue weighted by Gasteiger charge is 2.52. The number of fused-ring (bicyclic) bond motifs is 1. The lowest BCUT2D eigenvalue weighted by molar-refractivity contribution is 0.0940. The number of hydrogen-bond donors (Lipinski definition) is 1. The van der Waals surface area contributed by atoms with E-state index in [-0.39, 0.29) is 0 Å². The van der Waals surface area contributed by atoms with Gasteiger partial charge in [0.2, 0.25) is 5.95 Å². The summed E-state index contributed by atoms with van der Waals surface area (Å²) in [5.74, 6) is 3.15. The van der Waals surface area contributed by atoms with E-state index in [4.69, 9.17) is 0 Å². The Labute approximate surface area is 144 Å². The van der Waals surface area contributed by atoms with E-state index in [9.17, 15) is 0 Å². The standard InChI is InChI=1S/C20H26N4/c1-24(2)20-22-12-14(13-23-20)11-21-19-17-10-6-9-16(17)18(19)15-7-4-3-5-8-15/h3-5,7-8,12-13,16-19,21H,6,9-11H2,1-2H3/t16-,17-,18-,19-/m1/s1. The summed E-state index contributed by atoms with van der Waals surface area (Å²) in [6.45, 7) is 0.852. The molecule has 0 amide bonds. The van der Waals surface area contributed by atoms with Crippen molar-refractivity contribution >= 4 is 5.95 Å². The van der Waals surface area contributed by atoms with Crippen molar-refractivity contribution in [3.63, 3.8) is 0 Å². The fourth-order valence-electron chi connectivity index (χ4n) is 4.61. The predicted octanol–water partition coefficient (Wildman–Crippen LogP) is 3.21. The Morgan fingerprint density at radius 2 is 1.75 bits per heavy atom. The van der Waals surface area contributed by atoms with Crippen molar-refractivity contribution in [2.24, 2.45) is 11.8 Å². The van der Waals surface area contributed by atoms with Crippen molar-refractivity contribution in [2.75, 3.05) is 19.0 Å². The van der Waals surface area contributed by atoms with Crippen LogP contribution in [0.15, 0.2) is 42.7 Å². The van der Waals surface area contributed by atoms with Crippen LogP contribution < -0.4 is 10.2 Å². The van der Waals surface area contributed by atoms with E-state index < -0.39 is 0 Å². The Hall–Kier alpha value is -1.94. The Balaban J connectivity index is 1.44. The summed E-state index contributed by atoms with van der Waals surface area (Å²) in [6.07, 6.45) is 8.04. The van der Waals surface area contributed by atoms with Crippen LogP contribution in [0.4, 0.5) is 5.95 Å². The Bertz CT molecular complexity index is 668. The van der Waals surface area contributed by atoms with E-state index in [0.29, 0.717) is 12.0 Å². The summed E-state index contributed by atoms with van der Waals surface area (Å²) >= 11 is 0. The number of rotatable bonds is 5. The van der Waals surface area contributed by atoms with Gasteiger partial charge in [-0.15, -0.1) is 0 Å². The largest absolute Gasteiger partial charge is 0.347 e. The molecule has 4 nitrogen and oxygen atoms in total. The van der Waals surface area contributed by atoms with Crippen molar-refractivity contribution < 1.29 is 0 Å². The quantitative estimate of drug-likeness (QED) is 0.918. The molecular weight excluding hydrogens is 296 g/mol. The number of benzene rings is 1. The SMILES string of the molecule is CN(C)c1ncc(CN[C@@H]2[C@@H]3CCC[C@H]3[C@H]2c2ccccc2)cn1. The van der Waals surface area contributed by atoms with Crippen molar-refractivity contribution in [1.82, 2.24) is 15.3 Å². The molecule has 2 fully saturated rings. The molecule has 0 aliphatic heterocycles. The lowest BCUT2D eigenvalue weighted by Crippen LogP contribution is -2.54. The zero-order valence-electron chi connectivity index (χ0n) is 14.5. The number of hydrogen-bond acceptors (Lipinski definition) is 4. The van der Waals surface area contributed by atoms with Crippen molar-refractivity contribution in [3.05, 3.63) is 53.9 Å². The van der Waals surface area contributed by atoms with Crippen LogP contribution in [-0.2, 0) is 6.54 Å². The Morgan fingerprint density at radius 3 is 2.46 bits per heavy atom. The van der Waals surface area contributed by atoms with Crippen LogP contribution >= 0.6 is 0 Å². The third-order valence-electron chi connectivity index (χ3n) is 5.75. The molecule has 0 unspecified atom stereocenters. The first-order valence-corrected chi connectivity index (χ1v) is 9.00. The van der Waals surface area contributed by atoms with Crippen LogP contribution in [0.3, 0.4) is 0 Å². The van der Waals surface area contributed by atoms with E-state index in [2.05, 4.69) is 45.6 Å². The molecule has 1 aromatic heterocycles. The third kappa shape index (κ3) is 2.80. The van der Waals surface area contributed by atoms with Gasteiger partial charge >= 0.3 is 0 Å². The van der Waals surface area contributed by atoms with Gasteiger partial charge in [-0.25, -0.2) is 9.97 Å². The highest BCUT2D eigenvalue weighted by atomic mass is 15.2. The number of aromatic nitrogens is 2. The van der Waals surface area contributed by atoms with Gasteiger partial charge in [0.25, 0.3) is 0 Å². The van der Waals surface area contributed by atoms with Crippen LogP contribution in [0.2, 0.25) is 0 Å². The van der Waals surface area contributed by atoms with Crippen molar-refractivity contribution in [2.45, 2.75) is 37.8 Å². The van der Waals surface area contributed by atoms with Gasteiger partial charge in [0, 0.05) is 50.6 Å². The molecule has 1 N–H and O–H groups in total. The molecule has 2 aliphatic carbocycles. The molecule has 4 atom stereocenters. The average molecular weight is 322 g/mol. The first-order chi connectivity index (χ1) is 11.7. The van der Waals surface area contributed by atoms with E-state index in [1.165, 1.54) is 24.8 Å². The molecule has 2 aromatic rings. The molecule has 0 radical (unpaired) electrons. The highest BCUT2D eigenvalue weighted by Crippen LogP contribution is 2.55. The van der Waals surface area contributed by atoms with E-state index in [1.807, 2.05) is 31.4 Å². The van der Waals surface area contributed by atoms with Gasteiger partial charge in [-0.05, 0) is 30.2 Å². The normalized spacial score (nSPS) is 28.2. The van der Waals surface area contributed by atoms with E-state index in [0.717, 1.165) is 29.9 Å². The van der Waals surface area contributed by atoms with Crippen molar-refractivity contribution in [3.8, 4) is 0 Å². The second kappa shape index (κ2) is 6.52. The smallest absolute Gasteiger partial charge is 0.224 e. The molecule has 0 saturated heterocycles. The first kappa shape index (κ1) is 15.6. The van der Waals surface area contributed by atoms with Gasteiger partial charge in [-0.2, -0.15) is 0 Å². The summed E-state index contributed by atoms with van der Waals surface area (Å²) in [5.41, 5.74) is 2.66. The first-order valence-electron chi connectivity index (χ1n) is 9.00. The minimum atomic E-state index is 0.591. The molecule has 1 heterocycles. The topological polar surface area (TPSA) is 41.1 Å². The maximum Gasteiger partial charge on any atom is 0.224 e. The summed E-state index contributed by atoms with van der Waals surface area (Å²) in [5, 5.41) is 3.81. The molecule has 2 aliphatic rings. The summed E-state index contributed by atoms with van der Waals surface area (Å²) < 4.78 is 0. The molecule has 4 heteroatoms. The number of nitrogens with zero attached hydrogens (tertiary/aromatic N) is 3. The molecule has 0 spiro atoms.